The van der Waals surface area contributed by atoms with Gasteiger partial charge >= 0.3 is 0 Å². The smallest absolute Gasteiger partial charge is 0.160 e. The fraction of sp³-hybridized carbons (Fsp3) is 0.176. The van der Waals surface area contributed by atoms with Crippen molar-refractivity contribution in [3.63, 3.8) is 0 Å². The quantitative estimate of drug-likeness (QED) is 0.562. The van der Waals surface area contributed by atoms with Crippen molar-refractivity contribution in [2.45, 2.75) is 6.54 Å². The number of nitrogens with zero attached hydrogens (tertiary/aromatic N) is 5. The van der Waals surface area contributed by atoms with Gasteiger partial charge in [0.05, 0.1) is 30.2 Å². The summed E-state index contributed by atoms with van der Waals surface area (Å²) >= 11 is 0. The molecule has 1 aromatic carbocycles. The van der Waals surface area contributed by atoms with Crippen LogP contribution in [0.4, 0.5) is 11.5 Å². The highest BCUT2D eigenvalue weighted by Gasteiger charge is 2.07. The number of ether oxygens (including phenoxy) is 1. The zero-order chi connectivity index (χ0) is 17.1. The molecular formula is C17H17N7O. The van der Waals surface area contributed by atoms with Gasteiger partial charge in [0, 0.05) is 31.1 Å². The number of aromatic nitrogens is 6. The van der Waals surface area contributed by atoms with Gasteiger partial charge < -0.3 is 14.6 Å². The molecule has 0 amide bonds. The second kappa shape index (κ2) is 6.70. The van der Waals surface area contributed by atoms with Gasteiger partial charge in [-0.2, -0.15) is 5.10 Å². The number of hydrogen-bond acceptors (Lipinski definition) is 6. The molecule has 3 heterocycles. The Bertz CT molecular complexity index is 991. The predicted molar refractivity (Wildman–Crippen MR) is 94.5 cm³/mol. The molecular weight excluding hydrogens is 318 g/mol. The molecule has 0 atom stereocenters. The number of hydrogen-bond donors (Lipinski definition) is 2. The van der Waals surface area contributed by atoms with E-state index in [9.17, 15) is 0 Å². The summed E-state index contributed by atoms with van der Waals surface area (Å²) in [6.45, 7) is 1.44. The van der Waals surface area contributed by atoms with Crippen LogP contribution in [-0.4, -0.2) is 43.4 Å². The normalized spacial score (nSPS) is 11.1. The molecule has 2 N–H and O–H groups in total. The fourth-order valence-electron chi connectivity index (χ4n) is 2.59. The minimum absolute atomic E-state index is 0.659. The second-order valence-corrected chi connectivity index (χ2v) is 5.55. The molecule has 25 heavy (non-hydrogen) atoms. The summed E-state index contributed by atoms with van der Waals surface area (Å²) in [4.78, 5) is 12.9. The maximum absolute atomic E-state index is 5.10. The number of fused-ring (bicyclic) bond motifs is 1. The fourth-order valence-corrected chi connectivity index (χ4v) is 2.59. The summed E-state index contributed by atoms with van der Waals surface area (Å²) in [6.07, 6.45) is 7.04. The van der Waals surface area contributed by atoms with Crippen LogP contribution in [0.3, 0.4) is 0 Å². The van der Waals surface area contributed by atoms with Gasteiger partial charge in [-0.25, -0.2) is 15.0 Å². The number of benzene rings is 1. The molecule has 0 aliphatic carbocycles. The van der Waals surface area contributed by atoms with Crippen LogP contribution in [-0.2, 0) is 11.3 Å². The molecule has 0 fully saturated rings. The highest BCUT2D eigenvalue weighted by Crippen LogP contribution is 2.25. The van der Waals surface area contributed by atoms with Crippen molar-refractivity contribution in [1.29, 1.82) is 0 Å². The van der Waals surface area contributed by atoms with Crippen LogP contribution in [0.1, 0.15) is 0 Å². The van der Waals surface area contributed by atoms with Crippen LogP contribution >= 0.6 is 0 Å². The summed E-state index contributed by atoms with van der Waals surface area (Å²) in [7, 11) is 1.69. The Kier molecular flexibility index (Phi) is 4.09. The Labute approximate surface area is 143 Å². The molecule has 0 spiro atoms. The Morgan fingerprint density at radius 1 is 1.24 bits per heavy atom. The molecule has 0 aliphatic heterocycles. The lowest BCUT2D eigenvalue weighted by molar-refractivity contribution is 0.187. The number of methoxy groups -OCH3 is 1. The molecule has 0 bridgehead atoms. The summed E-state index contributed by atoms with van der Waals surface area (Å²) in [5.41, 5.74) is 3.56. The molecule has 0 saturated heterocycles. The molecule has 3 aromatic heterocycles. The van der Waals surface area contributed by atoms with E-state index in [0.29, 0.717) is 18.1 Å². The van der Waals surface area contributed by atoms with E-state index in [1.807, 2.05) is 41.4 Å². The maximum atomic E-state index is 5.10. The minimum atomic E-state index is 0.659. The summed E-state index contributed by atoms with van der Waals surface area (Å²) in [5, 5.41) is 11.0. The Morgan fingerprint density at radius 3 is 3.12 bits per heavy atom. The highest BCUT2D eigenvalue weighted by molar-refractivity contribution is 5.87. The highest BCUT2D eigenvalue weighted by atomic mass is 16.5. The van der Waals surface area contributed by atoms with Gasteiger partial charge in [0.1, 0.15) is 12.1 Å². The summed E-state index contributed by atoms with van der Waals surface area (Å²) in [6, 6.07) is 8.04. The van der Waals surface area contributed by atoms with Crippen LogP contribution < -0.4 is 5.32 Å². The topological polar surface area (TPSA) is 93.5 Å². The van der Waals surface area contributed by atoms with Crippen molar-refractivity contribution >= 4 is 22.5 Å². The van der Waals surface area contributed by atoms with Crippen LogP contribution in [0.5, 0.6) is 0 Å². The Morgan fingerprint density at radius 2 is 2.20 bits per heavy atom. The summed E-state index contributed by atoms with van der Waals surface area (Å²) < 4.78 is 7.11. The van der Waals surface area contributed by atoms with Gasteiger partial charge in [-0.3, -0.25) is 5.10 Å². The molecule has 0 aliphatic rings. The lowest BCUT2D eigenvalue weighted by Gasteiger charge is -2.07. The Hall–Kier alpha value is -3.26. The van der Waals surface area contributed by atoms with Crippen molar-refractivity contribution in [1.82, 2.24) is 29.7 Å². The zero-order valence-corrected chi connectivity index (χ0v) is 13.7. The molecule has 0 unspecified atom stereocenters. The predicted octanol–water partition coefficient (Wildman–Crippen LogP) is 2.61. The first-order valence-electron chi connectivity index (χ1n) is 7.86. The van der Waals surface area contributed by atoms with Gasteiger partial charge in [-0.15, -0.1) is 0 Å². The first-order chi connectivity index (χ1) is 12.3. The van der Waals surface area contributed by atoms with Crippen molar-refractivity contribution in [3.8, 4) is 11.3 Å². The van der Waals surface area contributed by atoms with E-state index in [4.69, 9.17) is 4.74 Å². The lowest BCUT2D eigenvalue weighted by atomic mass is 10.1. The SMILES string of the molecule is COCCn1cnc(-c2cccc(Nc3ncnc4[nH]ncc34)c2)c1. The van der Waals surface area contributed by atoms with E-state index in [1.54, 1.807) is 13.3 Å². The standard InChI is InChI=1S/C17H17N7O/c1-25-6-5-24-9-15(20-11-24)12-3-2-4-13(7-12)22-16-14-8-21-23-17(14)19-10-18-16/h2-4,7-11H,5-6H2,1H3,(H2,18,19,21,22,23). The molecule has 0 saturated carbocycles. The number of H-pyrrole nitrogens is 1. The van der Waals surface area contributed by atoms with Crippen molar-refractivity contribution in [2.75, 3.05) is 19.0 Å². The largest absolute Gasteiger partial charge is 0.383 e. The Balaban J connectivity index is 1.59. The first-order valence-corrected chi connectivity index (χ1v) is 7.86. The summed E-state index contributed by atoms with van der Waals surface area (Å²) in [5.74, 6) is 0.710. The molecule has 0 radical (unpaired) electrons. The van der Waals surface area contributed by atoms with E-state index in [1.165, 1.54) is 6.33 Å². The number of nitrogens with one attached hydrogen (secondary N) is 2. The van der Waals surface area contributed by atoms with E-state index < -0.39 is 0 Å². The van der Waals surface area contributed by atoms with E-state index in [2.05, 4.69) is 30.5 Å². The lowest BCUT2D eigenvalue weighted by Crippen LogP contribution is -2.00. The van der Waals surface area contributed by atoms with Gasteiger partial charge in [-0.05, 0) is 12.1 Å². The molecule has 4 rings (SSSR count). The van der Waals surface area contributed by atoms with Crippen molar-refractivity contribution in [3.05, 3.63) is 49.3 Å². The van der Waals surface area contributed by atoms with E-state index >= 15 is 0 Å². The number of aromatic amines is 1. The second-order valence-electron chi connectivity index (χ2n) is 5.55. The number of rotatable bonds is 6. The van der Waals surface area contributed by atoms with Gasteiger partial charge in [0.25, 0.3) is 0 Å². The third kappa shape index (κ3) is 3.20. The van der Waals surface area contributed by atoms with Crippen LogP contribution in [0.2, 0.25) is 0 Å². The number of anilines is 2. The zero-order valence-electron chi connectivity index (χ0n) is 13.7. The van der Waals surface area contributed by atoms with Crippen LogP contribution in [0.25, 0.3) is 22.3 Å². The van der Waals surface area contributed by atoms with Crippen LogP contribution in [0.15, 0.2) is 49.3 Å². The average Bonchev–Trinajstić information content (AvgIpc) is 3.30. The third-order valence-corrected chi connectivity index (χ3v) is 3.86. The van der Waals surface area contributed by atoms with Crippen molar-refractivity contribution < 1.29 is 4.74 Å². The average molecular weight is 335 g/mol. The maximum Gasteiger partial charge on any atom is 0.160 e. The van der Waals surface area contributed by atoms with Gasteiger partial charge in [0.15, 0.2) is 5.65 Å². The van der Waals surface area contributed by atoms with Gasteiger partial charge in [-0.1, -0.05) is 12.1 Å². The van der Waals surface area contributed by atoms with Crippen molar-refractivity contribution in [2.24, 2.45) is 0 Å². The van der Waals surface area contributed by atoms with Gasteiger partial charge in [0.2, 0.25) is 0 Å². The van der Waals surface area contributed by atoms with E-state index in [0.717, 1.165) is 28.9 Å². The minimum Gasteiger partial charge on any atom is -0.383 e. The third-order valence-electron chi connectivity index (χ3n) is 3.86. The van der Waals surface area contributed by atoms with E-state index in [-0.39, 0.29) is 0 Å². The number of imidazole rings is 1. The molecule has 126 valence electrons. The molecule has 4 aromatic rings. The van der Waals surface area contributed by atoms with Crippen LogP contribution in [0, 0.1) is 0 Å². The molecule has 8 heteroatoms. The molecule has 8 nitrogen and oxygen atoms in total. The first kappa shape index (κ1) is 15.3. The monoisotopic (exact) mass is 335 g/mol.